The Kier molecular flexibility index (Phi) is 6.68. The number of carbonyl (C=O) groups excluding carboxylic acids is 1. The Morgan fingerprint density at radius 3 is 2.54 bits per heavy atom. The highest BCUT2D eigenvalue weighted by Gasteiger charge is 2.26. The van der Waals surface area contributed by atoms with E-state index in [1.54, 1.807) is 10.6 Å². The summed E-state index contributed by atoms with van der Waals surface area (Å²) in [5.74, 6) is -0.724. The number of halogens is 1. The lowest BCUT2D eigenvalue weighted by atomic mass is 9.92. The highest BCUT2D eigenvalue weighted by Crippen LogP contribution is 2.39. The number of carbonyl (C=O) groups is 1. The molecule has 4 aromatic rings. The van der Waals surface area contributed by atoms with Crippen molar-refractivity contribution in [3.8, 4) is 23.3 Å². The normalized spacial score (nSPS) is 17.3. The van der Waals surface area contributed by atoms with Gasteiger partial charge in [-0.3, -0.25) is 9.48 Å². The Labute approximate surface area is 217 Å². The zero-order chi connectivity index (χ0) is 26.1. The molecule has 10 heteroatoms. The second-order valence-corrected chi connectivity index (χ2v) is 10.1. The molecule has 0 aliphatic heterocycles. The number of nitriles is 2. The van der Waals surface area contributed by atoms with Crippen LogP contribution in [0.15, 0.2) is 52.6 Å². The second kappa shape index (κ2) is 10.1. The van der Waals surface area contributed by atoms with Gasteiger partial charge in [-0.25, -0.2) is 8.91 Å². The molecule has 0 saturated heterocycles. The summed E-state index contributed by atoms with van der Waals surface area (Å²) in [6, 6.07) is 10.5. The van der Waals surface area contributed by atoms with Crippen molar-refractivity contribution in [1.29, 1.82) is 10.5 Å². The molecular formula is C27H23FN6O2S. The van der Waals surface area contributed by atoms with Gasteiger partial charge in [-0.05, 0) is 56.9 Å². The Hall–Kier alpha value is -4.15. The van der Waals surface area contributed by atoms with Gasteiger partial charge in [0.25, 0.3) is 0 Å². The van der Waals surface area contributed by atoms with E-state index in [4.69, 9.17) is 4.74 Å². The molecule has 1 aromatic carbocycles. The van der Waals surface area contributed by atoms with Crippen LogP contribution in [0.4, 0.5) is 4.39 Å². The molecule has 3 aromatic heterocycles. The van der Waals surface area contributed by atoms with E-state index in [0.717, 1.165) is 47.4 Å². The summed E-state index contributed by atoms with van der Waals surface area (Å²) in [7, 11) is 0. The summed E-state index contributed by atoms with van der Waals surface area (Å²) < 4.78 is 22.8. The zero-order valence-electron chi connectivity index (χ0n) is 20.3. The summed E-state index contributed by atoms with van der Waals surface area (Å²) in [4.78, 5) is 12.6. The zero-order valence-corrected chi connectivity index (χ0v) is 21.1. The summed E-state index contributed by atoms with van der Waals surface area (Å²) in [5.41, 5.74) is 4.04. The fourth-order valence-corrected chi connectivity index (χ4v) is 5.98. The maximum atomic E-state index is 13.7. The molecular weight excluding hydrogens is 491 g/mol. The summed E-state index contributed by atoms with van der Waals surface area (Å²) in [6.45, 7) is 3.46. The summed E-state index contributed by atoms with van der Waals surface area (Å²) >= 11 is 1.30. The van der Waals surface area contributed by atoms with E-state index in [9.17, 15) is 19.7 Å². The fraction of sp³-hybridized carbons (Fsp3) is 0.296. The van der Waals surface area contributed by atoms with Crippen LogP contribution >= 0.6 is 11.8 Å². The van der Waals surface area contributed by atoms with Crippen molar-refractivity contribution in [2.45, 2.75) is 61.5 Å². The number of hydrogen-bond acceptors (Lipinski definition) is 7. The Morgan fingerprint density at radius 2 is 1.84 bits per heavy atom. The first-order valence-electron chi connectivity index (χ1n) is 11.9. The van der Waals surface area contributed by atoms with Crippen LogP contribution in [0, 0.1) is 35.4 Å². The van der Waals surface area contributed by atoms with E-state index in [-0.39, 0.29) is 23.7 Å². The second-order valence-electron chi connectivity index (χ2n) is 9.04. The third kappa shape index (κ3) is 4.81. The van der Waals surface area contributed by atoms with Gasteiger partial charge in [0.15, 0.2) is 0 Å². The first-order valence-corrected chi connectivity index (χ1v) is 12.7. The van der Waals surface area contributed by atoms with Crippen LogP contribution in [0.1, 0.15) is 55.5 Å². The minimum absolute atomic E-state index is 0.0370. The Balaban J connectivity index is 1.51. The van der Waals surface area contributed by atoms with Crippen LogP contribution in [0.25, 0.3) is 16.6 Å². The lowest BCUT2D eigenvalue weighted by Crippen LogP contribution is -2.26. The van der Waals surface area contributed by atoms with Crippen molar-refractivity contribution in [2.75, 3.05) is 0 Å². The van der Waals surface area contributed by atoms with Crippen molar-refractivity contribution in [3.05, 3.63) is 65.5 Å². The molecule has 0 atom stereocenters. The number of esters is 1. The van der Waals surface area contributed by atoms with Crippen molar-refractivity contribution < 1.29 is 13.9 Å². The third-order valence-corrected chi connectivity index (χ3v) is 7.76. The van der Waals surface area contributed by atoms with E-state index < -0.39 is 5.82 Å². The predicted octanol–water partition coefficient (Wildman–Crippen LogP) is 5.59. The van der Waals surface area contributed by atoms with Crippen LogP contribution < -0.4 is 0 Å². The average Bonchev–Trinajstić information content (AvgIpc) is 3.48. The molecule has 0 radical (unpaired) electrons. The lowest BCUT2D eigenvalue weighted by molar-refractivity contribution is -0.148. The van der Waals surface area contributed by atoms with Gasteiger partial charge in [-0.1, -0.05) is 11.8 Å². The monoisotopic (exact) mass is 514 g/mol. The van der Waals surface area contributed by atoms with Gasteiger partial charge in [0.05, 0.1) is 35.1 Å². The number of rotatable bonds is 5. The highest BCUT2D eigenvalue weighted by atomic mass is 32.2. The van der Waals surface area contributed by atoms with E-state index in [1.807, 2.05) is 36.1 Å². The largest absolute Gasteiger partial charge is 0.463 e. The molecule has 0 bridgehead atoms. The van der Waals surface area contributed by atoms with Crippen molar-refractivity contribution >= 4 is 23.2 Å². The van der Waals surface area contributed by atoms with Crippen LogP contribution in [-0.2, 0) is 9.53 Å². The number of benzene rings is 1. The van der Waals surface area contributed by atoms with Crippen LogP contribution in [0.2, 0.25) is 0 Å². The minimum Gasteiger partial charge on any atom is -0.463 e. The van der Waals surface area contributed by atoms with Crippen LogP contribution in [-0.4, -0.2) is 31.5 Å². The smallest absolute Gasteiger partial charge is 0.302 e. The maximum Gasteiger partial charge on any atom is 0.302 e. The fourth-order valence-electron chi connectivity index (χ4n) is 4.91. The standard InChI is InChI=1S/C27H23FN6O2S/c1-16-24(14-32-34(16)22-4-6-23(7-5-22)36-17(2)35)19-10-26(27-20(12-30)13-31-33(27)15-19)37-25-8-3-21(28)9-18(25)11-29/h3,8-10,13-15,22-23H,4-7H2,1-2H3/t22-,23-. The van der Waals surface area contributed by atoms with Gasteiger partial charge < -0.3 is 4.74 Å². The number of fused-ring (bicyclic) bond motifs is 1. The van der Waals surface area contributed by atoms with E-state index >= 15 is 0 Å². The number of ether oxygens (including phenoxy) is 1. The minimum atomic E-state index is -0.480. The molecule has 0 amide bonds. The Bertz CT molecular complexity index is 1590. The van der Waals surface area contributed by atoms with Crippen LogP contribution in [0.3, 0.4) is 0 Å². The van der Waals surface area contributed by atoms with Crippen molar-refractivity contribution in [2.24, 2.45) is 0 Å². The SMILES string of the molecule is CC(=O)O[C@H]1CC[C@H](n2ncc(-c3cc(Sc4ccc(F)cc4C#N)c4c(C#N)cnn4c3)c2C)CC1. The quantitative estimate of drug-likeness (QED) is 0.320. The Morgan fingerprint density at radius 1 is 1.08 bits per heavy atom. The summed E-state index contributed by atoms with van der Waals surface area (Å²) in [6.07, 6.45) is 8.50. The van der Waals surface area contributed by atoms with Gasteiger partial charge in [0, 0.05) is 39.7 Å². The van der Waals surface area contributed by atoms with E-state index in [1.165, 1.54) is 37.0 Å². The first kappa shape index (κ1) is 24.5. The van der Waals surface area contributed by atoms with Gasteiger partial charge >= 0.3 is 5.97 Å². The van der Waals surface area contributed by atoms with Gasteiger partial charge in [0.2, 0.25) is 0 Å². The molecule has 1 fully saturated rings. The highest BCUT2D eigenvalue weighted by molar-refractivity contribution is 7.99. The van der Waals surface area contributed by atoms with E-state index in [0.29, 0.717) is 16.0 Å². The number of nitrogens with zero attached hydrogens (tertiary/aromatic N) is 6. The molecule has 0 spiro atoms. The first-order chi connectivity index (χ1) is 17.9. The third-order valence-electron chi connectivity index (χ3n) is 6.66. The molecule has 1 saturated carbocycles. The molecule has 0 N–H and O–H groups in total. The van der Waals surface area contributed by atoms with Gasteiger partial charge in [-0.15, -0.1) is 0 Å². The topological polar surface area (TPSA) is 109 Å². The van der Waals surface area contributed by atoms with Gasteiger partial charge in [0.1, 0.15) is 24.1 Å². The number of hydrogen-bond donors (Lipinski definition) is 0. The lowest BCUT2D eigenvalue weighted by Gasteiger charge is -2.29. The van der Waals surface area contributed by atoms with Crippen LogP contribution in [0.5, 0.6) is 0 Å². The summed E-state index contributed by atoms with van der Waals surface area (Å²) in [5, 5.41) is 28.2. The van der Waals surface area contributed by atoms with E-state index in [2.05, 4.69) is 16.3 Å². The van der Waals surface area contributed by atoms with Gasteiger partial charge in [-0.2, -0.15) is 20.7 Å². The number of aromatic nitrogens is 4. The predicted molar refractivity (Wildman–Crippen MR) is 134 cm³/mol. The molecule has 1 aliphatic rings. The van der Waals surface area contributed by atoms with Crippen molar-refractivity contribution in [1.82, 2.24) is 19.4 Å². The molecule has 8 nitrogen and oxygen atoms in total. The maximum absolute atomic E-state index is 13.7. The molecule has 0 unspecified atom stereocenters. The number of pyridine rings is 1. The molecule has 5 rings (SSSR count). The molecule has 37 heavy (non-hydrogen) atoms. The van der Waals surface area contributed by atoms with Crippen molar-refractivity contribution in [3.63, 3.8) is 0 Å². The average molecular weight is 515 g/mol. The molecule has 1 aliphatic carbocycles. The molecule has 3 heterocycles. The molecule has 186 valence electrons.